The third-order valence-electron chi connectivity index (χ3n) is 5.64. The van der Waals surface area contributed by atoms with Crippen LogP contribution in [-0.4, -0.2) is 27.0 Å². The lowest BCUT2D eigenvalue weighted by atomic mass is 9.81. The van der Waals surface area contributed by atoms with Crippen LogP contribution in [0.4, 0.5) is 0 Å². The highest BCUT2D eigenvalue weighted by molar-refractivity contribution is 6.01. The first-order valence-electron chi connectivity index (χ1n) is 9.68. The number of amides is 1. The van der Waals surface area contributed by atoms with Crippen LogP contribution in [0.2, 0.25) is 0 Å². The average molecular weight is 366 g/mol. The molecular weight excluding hydrogens is 340 g/mol. The fourth-order valence-corrected chi connectivity index (χ4v) is 4.19. The second kappa shape index (κ2) is 7.18. The fraction of sp³-hybridized carbons (Fsp3) is 0.476. The van der Waals surface area contributed by atoms with Gasteiger partial charge in [0, 0.05) is 23.9 Å². The first-order chi connectivity index (χ1) is 13.0. The normalized spacial score (nSPS) is 20.1. The summed E-state index contributed by atoms with van der Waals surface area (Å²) in [6.45, 7) is 6.49. The van der Waals surface area contributed by atoms with Gasteiger partial charge in [0.15, 0.2) is 5.65 Å². The highest BCUT2D eigenvalue weighted by Gasteiger charge is 2.25. The number of aryl methyl sites for hydroxylation is 3. The molecule has 0 aromatic carbocycles. The Morgan fingerprint density at radius 2 is 2.04 bits per heavy atom. The van der Waals surface area contributed by atoms with Gasteiger partial charge in [0.2, 0.25) is 0 Å². The Morgan fingerprint density at radius 1 is 1.26 bits per heavy atom. The van der Waals surface area contributed by atoms with E-state index in [9.17, 15) is 4.79 Å². The van der Waals surface area contributed by atoms with Crippen molar-refractivity contribution in [3.63, 3.8) is 0 Å². The van der Waals surface area contributed by atoms with E-state index < -0.39 is 0 Å². The molecule has 6 nitrogen and oxygen atoms in total. The molecule has 0 unspecified atom stereocenters. The van der Waals surface area contributed by atoms with Crippen LogP contribution in [0.15, 0.2) is 28.9 Å². The second-order valence-electron chi connectivity index (χ2n) is 7.68. The van der Waals surface area contributed by atoms with Crippen molar-refractivity contribution in [1.82, 2.24) is 19.9 Å². The van der Waals surface area contributed by atoms with Crippen LogP contribution in [0.1, 0.15) is 64.8 Å². The Hall–Kier alpha value is -2.63. The van der Waals surface area contributed by atoms with Crippen molar-refractivity contribution in [2.45, 2.75) is 52.4 Å². The van der Waals surface area contributed by atoms with E-state index in [4.69, 9.17) is 4.42 Å². The molecule has 0 saturated heterocycles. The van der Waals surface area contributed by atoms with Gasteiger partial charge < -0.3 is 9.73 Å². The maximum atomic E-state index is 12.8. The number of carbonyl (C=O) groups excluding carboxylic acids is 1. The van der Waals surface area contributed by atoms with Crippen LogP contribution in [0.3, 0.4) is 0 Å². The Morgan fingerprint density at radius 3 is 2.74 bits per heavy atom. The number of carbonyl (C=O) groups is 1. The number of rotatable bonds is 4. The molecule has 0 radical (unpaired) electrons. The molecule has 0 aliphatic heterocycles. The first kappa shape index (κ1) is 17.8. The van der Waals surface area contributed by atoms with E-state index in [1.54, 1.807) is 10.8 Å². The zero-order chi connectivity index (χ0) is 19.0. The number of furan rings is 1. The quantitative estimate of drug-likeness (QED) is 0.759. The Balaban J connectivity index is 1.40. The van der Waals surface area contributed by atoms with Crippen molar-refractivity contribution in [1.29, 1.82) is 0 Å². The monoisotopic (exact) mass is 366 g/mol. The molecule has 1 fully saturated rings. The smallest absolute Gasteiger partial charge is 0.257 e. The summed E-state index contributed by atoms with van der Waals surface area (Å²) < 4.78 is 7.30. The van der Waals surface area contributed by atoms with E-state index in [-0.39, 0.29) is 5.91 Å². The van der Waals surface area contributed by atoms with Crippen molar-refractivity contribution in [2.24, 2.45) is 5.92 Å². The minimum atomic E-state index is -0.0758. The molecule has 1 saturated carbocycles. The summed E-state index contributed by atoms with van der Waals surface area (Å²) in [4.78, 5) is 17.4. The Kier molecular flexibility index (Phi) is 4.72. The van der Waals surface area contributed by atoms with Crippen molar-refractivity contribution in [3.8, 4) is 0 Å². The van der Waals surface area contributed by atoms with Crippen LogP contribution < -0.4 is 5.32 Å². The molecule has 4 rings (SSSR count). The lowest BCUT2D eigenvalue weighted by molar-refractivity contribution is 0.0943. The molecule has 1 aliphatic rings. The zero-order valence-corrected chi connectivity index (χ0v) is 16.2. The van der Waals surface area contributed by atoms with Crippen molar-refractivity contribution >= 4 is 11.6 Å². The molecule has 3 heterocycles. The van der Waals surface area contributed by atoms with E-state index in [2.05, 4.69) is 21.5 Å². The van der Waals surface area contributed by atoms with Gasteiger partial charge in [-0.25, -0.2) is 9.50 Å². The number of aromatic nitrogens is 3. The van der Waals surface area contributed by atoms with Gasteiger partial charge >= 0.3 is 0 Å². The van der Waals surface area contributed by atoms with E-state index in [1.807, 2.05) is 32.9 Å². The predicted molar refractivity (Wildman–Crippen MR) is 103 cm³/mol. The molecular formula is C21H26N4O2. The Labute approximate surface area is 159 Å². The van der Waals surface area contributed by atoms with Gasteiger partial charge in [0.25, 0.3) is 5.91 Å². The van der Waals surface area contributed by atoms with Gasteiger partial charge in [-0.3, -0.25) is 4.79 Å². The van der Waals surface area contributed by atoms with Crippen LogP contribution in [0.5, 0.6) is 0 Å². The molecule has 27 heavy (non-hydrogen) atoms. The standard InChI is InChI=1S/C21H26N4O2/c1-13-11-14(2)25-20(23-13)19(15(3)24-25)21(26)22-12-16-6-8-17(9-7-16)18-5-4-10-27-18/h4-5,10-11,16-17H,6-9,12H2,1-3H3,(H,22,26). The number of hydrogen-bond donors (Lipinski definition) is 1. The van der Waals surface area contributed by atoms with Crippen LogP contribution in [-0.2, 0) is 0 Å². The van der Waals surface area contributed by atoms with Crippen molar-refractivity contribution in [3.05, 3.63) is 52.9 Å². The van der Waals surface area contributed by atoms with E-state index in [0.29, 0.717) is 29.6 Å². The van der Waals surface area contributed by atoms with E-state index in [0.717, 1.165) is 48.5 Å². The maximum absolute atomic E-state index is 12.8. The highest BCUT2D eigenvalue weighted by atomic mass is 16.3. The Bertz CT molecular complexity index is 950. The lowest BCUT2D eigenvalue weighted by Gasteiger charge is -2.27. The minimum absolute atomic E-state index is 0.0758. The summed E-state index contributed by atoms with van der Waals surface area (Å²) in [6.07, 6.45) is 6.19. The number of hydrogen-bond acceptors (Lipinski definition) is 4. The SMILES string of the molecule is Cc1cc(C)n2nc(C)c(C(=O)NCC3CCC(c4ccco4)CC3)c2n1. The summed E-state index contributed by atoms with van der Waals surface area (Å²) >= 11 is 0. The number of fused-ring (bicyclic) bond motifs is 1. The summed E-state index contributed by atoms with van der Waals surface area (Å²) in [6, 6.07) is 5.99. The van der Waals surface area contributed by atoms with Gasteiger partial charge in [0.05, 0.1) is 12.0 Å². The van der Waals surface area contributed by atoms with Gasteiger partial charge in [-0.1, -0.05) is 0 Å². The topological polar surface area (TPSA) is 72.4 Å². The van der Waals surface area contributed by atoms with E-state index in [1.165, 1.54) is 0 Å². The predicted octanol–water partition coefficient (Wildman–Crippen LogP) is 3.95. The van der Waals surface area contributed by atoms with Crippen molar-refractivity contribution < 1.29 is 9.21 Å². The zero-order valence-electron chi connectivity index (χ0n) is 16.2. The van der Waals surface area contributed by atoms with Crippen LogP contribution >= 0.6 is 0 Å². The third kappa shape index (κ3) is 3.48. The van der Waals surface area contributed by atoms with Crippen molar-refractivity contribution in [2.75, 3.05) is 6.54 Å². The molecule has 1 amide bonds. The van der Waals surface area contributed by atoms with E-state index >= 15 is 0 Å². The minimum Gasteiger partial charge on any atom is -0.469 e. The second-order valence-corrected chi connectivity index (χ2v) is 7.68. The third-order valence-corrected chi connectivity index (χ3v) is 5.64. The van der Waals surface area contributed by atoms with Gasteiger partial charge in [-0.2, -0.15) is 5.10 Å². The summed E-state index contributed by atoms with van der Waals surface area (Å²) in [5.74, 6) is 2.05. The molecule has 1 aliphatic carbocycles. The molecule has 0 spiro atoms. The molecule has 3 aromatic heterocycles. The van der Waals surface area contributed by atoms with Gasteiger partial charge in [-0.15, -0.1) is 0 Å². The summed E-state index contributed by atoms with van der Waals surface area (Å²) in [5, 5.41) is 7.61. The average Bonchev–Trinajstić information content (AvgIpc) is 3.28. The molecule has 6 heteroatoms. The first-order valence-corrected chi connectivity index (χ1v) is 9.68. The lowest BCUT2D eigenvalue weighted by Crippen LogP contribution is -2.31. The van der Waals surface area contributed by atoms with Gasteiger partial charge in [-0.05, 0) is 70.6 Å². The van der Waals surface area contributed by atoms with Crippen LogP contribution in [0.25, 0.3) is 5.65 Å². The number of nitrogens with zero attached hydrogens (tertiary/aromatic N) is 3. The largest absolute Gasteiger partial charge is 0.469 e. The number of nitrogens with one attached hydrogen (secondary N) is 1. The van der Waals surface area contributed by atoms with Gasteiger partial charge in [0.1, 0.15) is 11.3 Å². The maximum Gasteiger partial charge on any atom is 0.257 e. The fourth-order valence-electron chi connectivity index (χ4n) is 4.19. The summed E-state index contributed by atoms with van der Waals surface area (Å²) in [7, 11) is 0. The molecule has 0 bridgehead atoms. The highest BCUT2D eigenvalue weighted by Crippen LogP contribution is 2.35. The van der Waals surface area contributed by atoms with Crippen LogP contribution in [0, 0.1) is 26.7 Å². The molecule has 142 valence electrons. The molecule has 1 N–H and O–H groups in total. The molecule has 0 atom stereocenters. The summed E-state index contributed by atoms with van der Waals surface area (Å²) in [5.41, 5.74) is 3.83. The molecule has 3 aromatic rings.